The molecular weight excluding hydrogens is 457 g/mol. The van der Waals surface area contributed by atoms with Gasteiger partial charge in [-0.15, -0.1) is 10.2 Å². The van der Waals surface area contributed by atoms with Crippen LogP contribution in [0.4, 0.5) is 24.5 Å². The lowest BCUT2D eigenvalue weighted by Crippen LogP contribution is -2.18. The lowest BCUT2D eigenvalue weighted by Gasteiger charge is -2.15. The highest BCUT2D eigenvalue weighted by atomic mass is 35.5. The maximum atomic E-state index is 13.3. The van der Waals surface area contributed by atoms with Crippen LogP contribution in [-0.2, 0) is 15.8 Å². The van der Waals surface area contributed by atoms with E-state index in [1.807, 2.05) is 0 Å². The Kier molecular flexibility index (Phi) is 6.86. The van der Waals surface area contributed by atoms with Crippen LogP contribution in [0.1, 0.15) is 12.5 Å². The molecule has 2 amide bonds. The van der Waals surface area contributed by atoms with Crippen molar-refractivity contribution < 1.29 is 27.2 Å². The second-order valence-electron chi connectivity index (χ2n) is 6.16. The molecule has 0 radical (unpaired) electrons. The average molecular weight is 471 g/mol. The highest BCUT2D eigenvalue weighted by molar-refractivity contribution is 7.99. The Hall–Kier alpha value is -3.05. The first-order chi connectivity index (χ1) is 14.6. The van der Waals surface area contributed by atoms with Gasteiger partial charge in [0.05, 0.1) is 17.0 Å². The van der Waals surface area contributed by atoms with E-state index in [0.29, 0.717) is 10.6 Å². The third-order valence-electron chi connectivity index (χ3n) is 3.74. The Labute approximate surface area is 183 Å². The van der Waals surface area contributed by atoms with Gasteiger partial charge in [-0.05, 0) is 42.5 Å². The summed E-state index contributed by atoms with van der Waals surface area (Å²) in [7, 11) is 0. The summed E-state index contributed by atoms with van der Waals surface area (Å²) in [4.78, 5) is 23.2. The minimum absolute atomic E-state index is 0.0345. The summed E-state index contributed by atoms with van der Waals surface area (Å²) in [6.45, 7) is 1.18. The van der Waals surface area contributed by atoms with Gasteiger partial charge in [0.2, 0.25) is 17.7 Å². The molecule has 1 aromatic heterocycles. The van der Waals surface area contributed by atoms with Crippen LogP contribution < -0.4 is 10.6 Å². The van der Waals surface area contributed by atoms with Gasteiger partial charge in [0, 0.05) is 23.2 Å². The molecule has 2 aromatic carbocycles. The summed E-state index contributed by atoms with van der Waals surface area (Å²) < 4.78 is 45.5. The first-order valence-corrected chi connectivity index (χ1v) is 9.99. The van der Waals surface area contributed by atoms with E-state index in [1.165, 1.54) is 13.0 Å². The zero-order chi connectivity index (χ0) is 22.6. The Bertz CT molecular complexity index is 1100. The average Bonchev–Trinajstić information content (AvgIpc) is 3.16. The molecule has 0 aliphatic carbocycles. The summed E-state index contributed by atoms with van der Waals surface area (Å²) >= 11 is 6.70. The number of halogens is 4. The van der Waals surface area contributed by atoms with Gasteiger partial charge in [0.25, 0.3) is 5.22 Å². The number of benzene rings is 2. The molecule has 3 aromatic rings. The van der Waals surface area contributed by atoms with E-state index in [2.05, 4.69) is 20.8 Å². The topological polar surface area (TPSA) is 97.1 Å². The number of carbonyl (C=O) groups is 2. The van der Waals surface area contributed by atoms with Gasteiger partial charge in [-0.1, -0.05) is 23.4 Å². The van der Waals surface area contributed by atoms with Gasteiger partial charge in [0.15, 0.2) is 0 Å². The van der Waals surface area contributed by atoms with Crippen LogP contribution in [-0.4, -0.2) is 27.8 Å². The lowest BCUT2D eigenvalue weighted by molar-refractivity contribution is -0.137. The van der Waals surface area contributed by atoms with E-state index in [0.717, 1.165) is 23.9 Å². The summed E-state index contributed by atoms with van der Waals surface area (Å²) in [5.41, 5.74) is -0.922. The van der Waals surface area contributed by atoms with Crippen molar-refractivity contribution in [2.45, 2.75) is 18.3 Å². The fourth-order valence-electron chi connectivity index (χ4n) is 2.46. The van der Waals surface area contributed by atoms with Gasteiger partial charge in [-0.3, -0.25) is 9.59 Å². The molecule has 0 aliphatic heterocycles. The first kappa shape index (κ1) is 22.6. The van der Waals surface area contributed by atoms with E-state index >= 15 is 0 Å². The van der Waals surface area contributed by atoms with Gasteiger partial charge in [-0.2, -0.15) is 13.2 Å². The standard InChI is InChI=1S/C19H14ClF3N4O3S/c1-10(28)24-13-6-7-15(14(8-13)19(21,22)23)25-16(29)9-31-18-27-26-17(30-18)11-2-4-12(20)5-3-11/h2-8H,9H2,1H3,(H,24,28)(H,25,29). The number of rotatable bonds is 6. The highest BCUT2D eigenvalue weighted by Crippen LogP contribution is 2.36. The van der Waals surface area contributed by atoms with Crippen molar-refractivity contribution in [3.05, 3.63) is 53.1 Å². The molecule has 7 nitrogen and oxygen atoms in total. The number of nitrogens with zero attached hydrogens (tertiary/aromatic N) is 2. The smallest absolute Gasteiger partial charge is 0.411 e. The molecule has 1 heterocycles. The lowest BCUT2D eigenvalue weighted by atomic mass is 10.1. The van der Waals surface area contributed by atoms with Crippen LogP contribution in [0.15, 0.2) is 52.1 Å². The van der Waals surface area contributed by atoms with E-state index in [1.54, 1.807) is 24.3 Å². The third kappa shape index (κ3) is 6.22. The predicted octanol–water partition coefficient (Wildman–Crippen LogP) is 5.10. The normalized spacial score (nSPS) is 11.3. The molecule has 0 unspecified atom stereocenters. The molecule has 0 aliphatic rings. The zero-order valence-corrected chi connectivity index (χ0v) is 17.4. The SMILES string of the molecule is CC(=O)Nc1ccc(NC(=O)CSc2nnc(-c3ccc(Cl)cc3)o2)c(C(F)(F)F)c1. The number of alkyl halides is 3. The molecule has 12 heteroatoms. The van der Waals surface area contributed by atoms with Crippen LogP contribution >= 0.6 is 23.4 Å². The Morgan fingerprint density at radius 2 is 1.81 bits per heavy atom. The van der Waals surface area contributed by atoms with Crippen molar-refractivity contribution in [3.8, 4) is 11.5 Å². The fraction of sp³-hybridized carbons (Fsp3) is 0.158. The number of hydrogen-bond acceptors (Lipinski definition) is 6. The van der Waals surface area contributed by atoms with Crippen LogP contribution in [0.3, 0.4) is 0 Å². The molecule has 31 heavy (non-hydrogen) atoms. The minimum Gasteiger partial charge on any atom is -0.411 e. The van der Waals surface area contributed by atoms with Crippen molar-refractivity contribution in [1.82, 2.24) is 10.2 Å². The summed E-state index contributed by atoms with van der Waals surface area (Å²) in [6.07, 6.45) is -4.73. The Balaban J connectivity index is 1.66. The first-order valence-electron chi connectivity index (χ1n) is 8.63. The number of nitrogens with one attached hydrogen (secondary N) is 2. The number of carbonyl (C=O) groups excluding carboxylic acids is 2. The summed E-state index contributed by atoms with van der Waals surface area (Å²) in [5, 5.41) is 12.8. The number of thioether (sulfide) groups is 1. The zero-order valence-electron chi connectivity index (χ0n) is 15.8. The Morgan fingerprint density at radius 1 is 1.10 bits per heavy atom. The minimum atomic E-state index is -4.73. The van der Waals surface area contributed by atoms with Crippen molar-refractivity contribution in [3.63, 3.8) is 0 Å². The number of aromatic nitrogens is 2. The molecule has 0 bridgehead atoms. The van der Waals surface area contributed by atoms with E-state index in [9.17, 15) is 22.8 Å². The van der Waals surface area contributed by atoms with Crippen LogP contribution in [0.25, 0.3) is 11.5 Å². The van der Waals surface area contributed by atoms with Gasteiger partial charge >= 0.3 is 6.18 Å². The van der Waals surface area contributed by atoms with Crippen molar-refractivity contribution in [2.75, 3.05) is 16.4 Å². The maximum Gasteiger partial charge on any atom is 0.418 e. The highest BCUT2D eigenvalue weighted by Gasteiger charge is 2.34. The molecule has 162 valence electrons. The van der Waals surface area contributed by atoms with Gasteiger partial charge < -0.3 is 15.1 Å². The quantitative estimate of drug-likeness (QED) is 0.486. The number of anilines is 2. The van der Waals surface area contributed by atoms with Gasteiger partial charge in [0.1, 0.15) is 0 Å². The fourth-order valence-corrected chi connectivity index (χ4v) is 3.15. The van der Waals surface area contributed by atoms with Crippen LogP contribution in [0.5, 0.6) is 0 Å². The molecule has 0 atom stereocenters. The Morgan fingerprint density at radius 3 is 2.45 bits per heavy atom. The number of amides is 2. The van der Waals surface area contributed by atoms with E-state index < -0.39 is 29.2 Å². The predicted molar refractivity (Wildman–Crippen MR) is 110 cm³/mol. The van der Waals surface area contributed by atoms with Crippen LogP contribution in [0.2, 0.25) is 5.02 Å². The molecule has 0 fully saturated rings. The largest absolute Gasteiger partial charge is 0.418 e. The van der Waals surface area contributed by atoms with Crippen molar-refractivity contribution in [1.29, 1.82) is 0 Å². The molecular formula is C19H14ClF3N4O3S. The second kappa shape index (κ2) is 9.40. The summed E-state index contributed by atoms with van der Waals surface area (Å²) in [6, 6.07) is 9.74. The second-order valence-corrected chi connectivity index (χ2v) is 7.52. The van der Waals surface area contributed by atoms with Crippen molar-refractivity contribution in [2.24, 2.45) is 0 Å². The third-order valence-corrected chi connectivity index (χ3v) is 4.81. The maximum absolute atomic E-state index is 13.3. The van der Waals surface area contributed by atoms with Crippen molar-refractivity contribution >= 4 is 46.6 Å². The van der Waals surface area contributed by atoms with E-state index in [4.69, 9.17) is 16.0 Å². The molecule has 2 N–H and O–H groups in total. The van der Waals surface area contributed by atoms with E-state index in [-0.39, 0.29) is 22.6 Å². The monoisotopic (exact) mass is 470 g/mol. The molecule has 3 rings (SSSR count). The van der Waals surface area contributed by atoms with Gasteiger partial charge in [-0.25, -0.2) is 0 Å². The summed E-state index contributed by atoms with van der Waals surface area (Å²) in [5.74, 6) is -1.26. The molecule has 0 saturated heterocycles. The molecule has 0 spiro atoms. The van der Waals surface area contributed by atoms with Crippen LogP contribution in [0, 0.1) is 0 Å². The molecule has 0 saturated carbocycles. The number of hydrogen-bond donors (Lipinski definition) is 2.